The fourth-order valence-electron chi connectivity index (χ4n) is 2.10. The summed E-state index contributed by atoms with van der Waals surface area (Å²) in [4.78, 5) is 11.4. The number of carbonyl (C=O) groups is 1. The monoisotopic (exact) mass is 268 g/mol. The van der Waals surface area contributed by atoms with Crippen molar-refractivity contribution in [2.45, 2.75) is 12.8 Å². The summed E-state index contributed by atoms with van der Waals surface area (Å²) in [6.07, 6.45) is 1.13. The third kappa shape index (κ3) is 2.88. The maximum absolute atomic E-state index is 11.4. The lowest BCUT2D eigenvalue weighted by Crippen LogP contribution is -2.07. The van der Waals surface area contributed by atoms with E-state index >= 15 is 0 Å². The van der Waals surface area contributed by atoms with E-state index in [1.54, 1.807) is 24.3 Å². The van der Waals surface area contributed by atoms with Crippen LogP contribution in [-0.2, 0) is 4.79 Å². The lowest BCUT2D eigenvalue weighted by Gasteiger charge is -2.17. The molecule has 0 saturated heterocycles. The molecule has 1 unspecified atom stereocenters. The number of phenols is 1. The number of esters is 1. The van der Waals surface area contributed by atoms with Crippen LogP contribution in [0.4, 0.5) is 0 Å². The zero-order valence-electron chi connectivity index (χ0n) is 11.2. The summed E-state index contributed by atoms with van der Waals surface area (Å²) >= 11 is 0. The van der Waals surface area contributed by atoms with Gasteiger partial charge < -0.3 is 9.84 Å². The molecule has 0 aliphatic carbocycles. The van der Waals surface area contributed by atoms with E-state index in [1.165, 1.54) is 0 Å². The molecule has 2 rings (SSSR count). The van der Waals surface area contributed by atoms with Crippen molar-refractivity contribution in [3.63, 3.8) is 0 Å². The van der Waals surface area contributed by atoms with E-state index < -0.39 is 5.97 Å². The van der Waals surface area contributed by atoms with Gasteiger partial charge in [0.15, 0.2) is 0 Å². The molecule has 0 aliphatic rings. The number of aromatic hydroxyl groups is 1. The Morgan fingerprint density at radius 3 is 2.40 bits per heavy atom. The van der Waals surface area contributed by atoms with Gasteiger partial charge in [0.25, 0.3) is 0 Å². The highest BCUT2D eigenvalue weighted by Crippen LogP contribution is 2.35. The quantitative estimate of drug-likeness (QED) is 0.523. The fourth-order valence-corrected chi connectivity index (χ4v) is 2.10. The van der Waals surface area contributed by atoms with Crippen LogP contribution in [0.3, 0.4) is 0 Å². The summed E-state index contributed by atoms with van der Waals surface area (Å²) < 4.78 is 5.24. The minimum absolute atomic E-state index is 0.0926. The Labute approximate surface area is 118 Å². The van der Waals surface area contributed by atoms with Crippen LogP contribution in [0.2, 0.25) is 0 Å². The van der Waals surface area contributed by atoms with Crippen molar-refractivity contribution in [3.8, 4) is 11.5 Å². The molecule has 0 aromatic heterocycles. The molecule has 3 heteroatoms. The molecule has 0 amide bonds. The van der Waals surface area contributed by atoms with Crippen molar-refractivity contribution in [1.82, 2.24) is 0 Å². The Kier molecular flexibility index (Phi) is 4.20. The number of benzene rings is 2. The molecule has 102 valence electrons. The Bertz CT molecular complexity index is 632. The normalized spacial score (nSPS) is 11.7. The van der Waals surface area contributed by atoms with Gasteiger partial charge in [-0.25, -0.2) is 4.79 Å². The summed E-state index contributed by atoms with van der Waals surface area (Å²) in [5.41, 5.74) is 1.62. The summed E-state index contributed by atoms with van der Waals surface area (Å²) in [5, 5.41) is 9.94. The number of hydrogen-bond acceptors (Lipinski definition) is 3. The summed E-state index contributed by atoms with van der Waals surface area (Å²) in [6, 6.07) is 14.4. The molecule has 0 fully saturated rings. The number of ether oxygens (including phenoxy) is 1. The second-order valence-corrected chi connectivity index (χ2v) is 4.44. The van der Waals surface area contributed by atoms with Gasteiger partial charge in [-0.15, -0.1) is 0 Å². The van der Waals surface area contributed by atoms with Gasteiger partial charge in [0.2, 0.25) is 0 Å². The van der Waals surface area contributed by atoms with E-state index in [0.717, 1.165) is 17.2 Å². The molecular formula is C17H16O3. The molecule has 1 N–H and O–H groups in total. The molecule has 2 aromatic carbocycles. The molecule has 0 heterocycles. The molecule has 1 atom stereocenters. The first-order chi connectivity index (χ1) is 9.63. The van der Waals surface area contributed by atoms with Crippen LogP contribution in [0.25, 0.3) is 0 Å². The van der Waals surface area contributed by atoms with Crippen molar-refractivity contribution in [3.05, 3.63) is 72.3 Å². The second-order valence-electron chi connectivity index (χ2n) is 4.44. The topological polar surface area (TPSA) is 46.5 Å². The van der Waals surface area contributed by atoms with Gasteiger partial charge in [-0.1, -0.05) is 49.9 Å². The van der Waals surface area contributed by atoms with Crippen molar-refractivity contribution in [2.24, 2.45) is 0 Å². The molecule has 0 aliphatic heterocycles. The number of para-hydroxylation sites is 2. The number of rotatable bonds is 4. The van der Waals surface area contributed by atoms with Crippen LogP contribution in [0.5, 0.6) is 11.5 Å². The van der Waals surface area contributed by atoms with Crippen LogP contribution in [-0.4, -0.2) is 11.1 Å². The van der Waals surface area contributed by atoms with Crippen molar-refractivity contribution >= 4 is 5.97 Å². The third-order valence-corrected chi connectivity index (χ3v) is 3.17. The first-order valence-corrected chi connectivity index (χ1v) is 6.34. The summed E-state index contributed by atoms with van der Waals surface area (Å²) in [6.45, 7) is 5.34. The molecule has 0 spiro atoms. The van der Waals surface area contributed by atoms with E-state index in [-0.39, 0.29) is 11.7 Å². The minimum atomic E-state index is -0.498. The van der Waals surface area contributed by atoms with Gasteiger partial charge in [0.1, 0.15) is 11.5 Å². The largest absolute Gasteiger partial charge is 0.508 e. The van der Waals surface area contributed by atoms with Crippen molar-refractivity contribution in [1.29, 1.82) is 0 Å². The third-order valence-electron chi connectivity index (χ3n) is 3.17. The highest BCUT2D eigenvalue weighted by molar-refractivity contribution is 5.83. The van der Waals surface area contributed by atoms with Crippen LogP contribution in [0.1, 0.15) is 24.0 Å². The molecule has 2 aromatic rings. The fraction of sp³-hybridized carbons (Fsp3) is 0.118. The lowest BCUT2D eigenvalue weighted by molar-refractivity contribution is -0.129. The lowest BCUT2D eigenvalue weighted by atomic mass is 9.92. The van der Waals surface area contributed by atoms with Crippen molar-refractivity contribution < 1.29 is 14.6 Å². The Hall–Kier alpha value is -2.55. The van der Waals surface area contributed by atoms with Crippen LogP contribution >= 0.6 is 0 Å². The van der Waals surface area contributed by atoms with Gasteiger partial charge >= 0.3 is 5.97 Å². The Morgan fingerprint density at radius 2 is 1.75 bits per heavy atom. The van der Waals surface area contributed by atoms with E-state index in [0.29, 0.717) is 5.75 Å². The maximum Gasteiger partial charge on any atom is 0.335 e. The number of phenolic OH excluding ortho intramolecular Hbond substituents is 1. The molecule has 0 radical (unpaired) electrons. The minimum Gasteiger partial charge on any atom is -0.508 e. The predicted molar refractivity (Wildman–Crippen MR) is 77.9 cm³/mol. The molecule has 20 heavy (non-hydrogen) atoms. The molecule has 3 nitrogen and oxygen atoms in total. The SMILES string of the molecule is C=CC(=O)Oc1ccccc1C(C)c1ccccc1O. The molecule has 0 bridgehead atoms. The van der Waals surface area contributed by atoms with E-state index in [1.807, 2.05) is 31.2 Å². The number of hydrogen-bond donors (Lipinski definition) is 1. The average Bonchev–Trinajstić information content (AvgIpc) is 2.47. The smallest absolute Gasteiger partial charge is 0.335 e. The van der Waals surface area contributed by atoms with Crippen molar-refractivity contribution in [2.75, 3.05) is 0 Å². The van der Waals surface area contributed by atoms with Gasteiger partial charge in [-0.2, -0.15) is 0 Å². The van der Waals surface area contributed by atoms with E-state index in [9.17, 15) is 9.90 Å². The zero-order chi connectivity index (χ0) is 14.5. The van der Waals surface area contributed by atoms with Gasteiger partial charge in [0.05, 0.1) is 0 Å². The highest BCUT2D eigenvalue weighted by atomic mass is 16.5. The Morgan fingerprint density at radius 1 is 1.15 bits per heavy atom. The van der Waals surface area contributed by atoms with Gasteiger partial charge in [0, 0.05) is 23.1 Å². The summed E-state index contributed by atoms with van der Waals surface area (Å²) in [7, 11) is 0. The zero-order valence-corrected chi connectivity index (χ0v) is 11.2. The first-order valence-electron chi connectivity index (χ1n) is 6.34. The highest BCUT2D eigenvalue weighted by Gasteiger charge is 2.17. The summed E-state index contributed by atoms with van der Waals surface area (Å²) in [5.74, 6) is 0.116. The van der Waals surface area contributed by atoms with Crippen LogP contribution in [0, 0.1) is 0 Å². The van der Waals surface area contributed by atoms with E-state index in [4.69, 9.17) is 4.74 Å². The van der Waals surface area contributed by atoms with E-state index in [2.05, 4.69) is 6.58 Å². The number of carbonyl (C=O) groups excluding carboxylic acids is 1. The van der Waals surface area contributed by atoms with Gasteiger partial charge in [-0.3, -0.25) is 0 Å². The van der Waals surface area contributed by atoms with Crippen LogP contribution in [0.15, 0.2) is 61.2 Å². The molecular weight excluding hydrogens is 252 g/mol. The van der Waals surface area contributed by atoms with Gasteiger partial charge in [-0.05, 0) is 12.1 Å². The second kappa shape index (κ2) is 6.06. The average molecular weight is 268 g/mol. The maximum atomic E-state index is 11.4. The molecule has 0 saturated carbocycles. The standard InChI is InChI=1S/C17H16O3/c1-3-17(19)20-16-11-7-5-9-14(16)12(2)13-8-4-6-10-15(13)18/h3-12,18H,1H2,2H3. The Balaban J connectivity index is 2.40. The van der Waals surface area contributed by atoms with Crippen LogP contribution < -0.4 is 4.74 Å². The first kappa shape index (κ1) is 13.9. The predicted octanol–water partition coefficient (Wildman–Crippen LogP) is 3.64.